The standard InChI is InChI=1S/C10H12O2S.K/c1-7-3-4-9(5-8(7)2)13-6-10(11)12;/h3-5H,6H2,1-2H3,(H,11,12);/q;+1/p-1. The van der Waals surface area contributed by atoms with Crippen molar-refractivity contribution in [3.63, 3.8) is 0 Å². The fourth-order valence-corrected chi connectivity index (χ4v) is 1.65. The number of carboxylic acid groups (broad SMARTS) is 1. The molecule has 2 nitrogen and oxygen atoms in total. The molecule has 0 N–H and O–H groups in total. The Kier molecular flexibility index (Phi) is 7.37. The normalized spacial score (nSPS) is 9.29. The third-order valence-corrected chi connectivity index (χ3v) is 2.80. The van der Waals surface area contributed by atoms with Crippen LogP contribution in [0.3, 0.4) is 0 Å². The van der Waals surface area contributed by atoms with Crippen LogP contribution in [-0.2, 0) is 4.79 Å². The molecular weight excluding hydrogens is 223 g/mol. The van der Waals surface area contributed by atoms with Crippen LogP contribution in [0.25, 0.3) is 0 Å². The topological polar surface area (TPSA) is 40.1 Å². The van der Waals surface area contributed by atoms with E-state index in [0.29, 0.717) is 0 Å². The van der Waals surface area contributed by atoms with Gasteiger partial charge in [0.05, 0.1) is 5.97 Å². The number of rotatable bonds is 3. The van der Waals surface area contributed by atoms with E-state index in [1.807, 2.05) is 32.0 Å². The Morgan fingerprint density at radius 1 is 1.36 bits per heavy atom. The summed E-state index contributed by atoms with van der Waals surface area (Å²) in [5.41, 5.74) is 2.40. The predicted octanol–water partition coefficient (Wildman–Crippen LogP) is -1.85. The van der Waals surface area contributed by atoms with Gasteiger partial charge in [-0.25, -0.2) is 0 Å². The van der Waals surface area contributed by atoms with Crippen LogP contribution in [-0.4, -0.2) is 11.7 Å². The average molecular weight is 234 g/mol. The maximum Gasteiger partial charge on any atom is 1.00 e. The number of carbonyl (C=O) groups excluding carboxylic acids is 1. The quantitative estimate of drug-likeness (QED) is 0.455. The largest absolute Gasteiger partial charge is 1.00 e. The van der Waals surface area contributed by atoms with Crippen LogP contribution in [0.15, 0.2) is 23.1 Å². The monoisotopic (exact) mass is 234 g/mol. The Bertz CT molecular complexity index is 326. The van der Waals surface area contributed by atoms with Crippen LogP contribution in [0.4, 0.5) is 0 Å². The minimum Gasteiger partial charge on any atom is -0.549 e. The Balaban J connectivity index is 0.00000169. The van der Waals surface area contributed by atoms with Gasteiger partial charge >= 0.3 is 51.4 Å². The van der Waals surface area contributed by atoms with Gasteiger partial charge in [-0.3, -0.25) is 0 Å². The molecule has 0 aliphatic carbocycles. The molecule has 0 amide bonds. The molecule has 0 radical (unpaired) electrons. The molecule has 14 heavy (non-hydrogen) atoms. The van der Waals surface area contributed by atoms with Gasteiger partial charge in [0.1, 0.15) is 0 Å². The number of benzene rings is 1. The predicted molar refractivity (Wildman–Crippen MR) is 51.6 cm³/mol. The Morgan fingerprint density at radius 2 is 2.00 bits per heavy atom. The molecule has 1 aromatic carbocycles. The number of aryl methyl sites for hydroxylation is 2. The van der Waals surface area contributed by atoms with Gasteiger partial charge in [0.15, 0.2) is 0 Å². The maximum atomic E-state index is 10.2. The minimum atomic E-state index is -1.02. The van der Waals surface area contributed by atoms with Gasteiger partial charge in [0.2, 0.25) is 0 Å². The first kappa shape index (κ1) is 14.7. The summed E-state index contributed by atoms with van der Waals surface area (Å²) < 4.78 is 0. The van der Waals surface area contributed by atoms with Gasteiger partial charge in [0, 0.05) is 10.6 Å². The fourth-order valence-electron chi connectivity index (χ4n) is 0.946. The van der Waals surface area contributed by atoms with Crippen LogP contribution < -0.4 is 56.5 Å². The summed E-state index contributed by atoms with van der Waals surface area (Å²) in [5, 5.41) is 10.2. The van der Waals surface area contributed by atoms with Crippen LogP contribution in [0.2, 0.25) is 0 Å². The number of thioether (sulfide) groups is 1. The van der Waals surface area contributed by atoms with Gasteiger partial charge in [-0.15, -0.1) is 11.8 Å². The SMILES string of the molecule is Cc1ccc(SCC(=O)[O-])cc1C.[K+]. The smallest absolute Gasteiger partial charge is 0.549 e. The summed E-state index contributed by atoms with van der Waals surface area (Å²) in [6.45, 7) is 4.04. The molecule has 4 heteroatoms. The van der Waals surface area contributed by atoms with E-state index in [4.69, 9.17) is 0 Å². The van der Waals surface area contributed by atoms with E-state index in [-0.39, 0.29) is 57.1 Å². The Hall–Kier alpha value is 0.676. The summed E-state index contributed by atoms with van der Waals surface area (Å²) >= 11 is 1.29. The molecule has 1 aromatic rings. The van der Waals surface area contributed by atoms with E-state index in [1.54, 1.807) is 0 Å². The van der Waals surface area contributed by atoms with E-state index in [9.17, 15) is 9.90 Å². The van der Waals surface area contributed by atoms with Crippen molar-refractivity contribution in [3.05, 3.63) is 29.3 Å². The van der Waals surface area contributed by atoms with Gasteiger partial charge in [-0.1, -0.05) is 6.07 Å². The van der Waals surface area contributed by atoms with Crippen molar-refractivity contribution in [1.29, 1.82) is 0 Å². The summed E-state index contributed by atoms with van der Waals surface area (Å²) in [4.78, 5) is 11.2. The third-order valence-electron chi connectivity index (χ3n) is 1.84. The molecule has 0 heterocycles. The molecule has 0 spiro atoms. The molecule has 0 saturated carbocycles. The van der Waals surface area contributed by atoms with E-state index in [1.165, 1.54) is 22.9 Å². The summed E-state index contributed by atoms with van der Waals surface area (Å²) in [7, 11) is 0. The molecule has 0 bridgehead atoms. The van der Waals surface area contributed by atoms with Crippen LogP contribution in [0.5, 0.6) is 0 Å². The zero-order valence-corrected chi connectivity index (χ0v) is 12.6. The van der Waals surface area contributed by atoms with Gasteiger partial charge in [-0.05, 0) is 37.1 Å². The van der Waals surface area contributed by atoms with E-state index < -0.39 is 5.97 Å². The number of hydrogen-bond acceptors (Lipinski definition) is 3. The second kappa shape index (κ2) is 7.03. The molecule has 0 atom stereocenters. The number of aliphatic carboxylic acids is 1. The van der Waals surface area contributed by atoms with Crippen molar-refractivity contribution < 1.29 is 61.3 Å². The van der Waals surface area contributed by atoms with Crippen LogP contribution in [0, 0.1) is 13.8 Å². The summed E-state index contributed by atoms with van der Waals surface area (Å²) in [5.74, 6) is -1.01. The molecule has 0 fully saturated rings. The average Bonchev–Trinajstić information content (AvgIpc) is 2.07. The summed E-state index contributed by atoms with van der Waals surface area (Å²) in [6.07, 6.45) is 0. The van der Waals surface area contributed by atoms with Crippen molar-refractivity contribution >= 4 is 17.7 Å². The number of carboxylic acids is 1. The maximum absolute atomic E-state index is 10.2. The van der Waals surface area contributed by atoms with Crippen LogP contribution in [0.1, 0.15) is 11.1 Å². The fraction of sp³-hybridized carbons (Fsp3) is 0.300. The minimum absolute atomic E-state index is 0. The first-order valence-corrected chi connectivity index (χ1v) is 4.98. The molecule has 0 aliphatic rings. The molecule has 0 aliphatic heterocycles. The number of hydrogen-bond donors (Lipinski definition) is 0. The van der Waals surface area contributed by atoms with E-state index in [2.05, 4.69) is 0 Å². The van der Waals surface area contributed by atoms with Gasteiger partial charge < -0.3 is 9.90 Å². The second-order valence-corrected chi connectivity index (χ2v) is 3.96. The van der Waals surface area contributed by atoms with Crippen LogP contribution >= 0.6 is 11.8 Å². The van der Waals surface area contributed by atoms with E-state index in [0.717, 1.165) is 4.90 Å². The van der Waals surface area contributed by atoms with Crippen molar-refractivity contribution in [2.24, 2.45) is 0 Å². The van der Waals surface area contributed by atoms with Crippen molar-refractivity contribution in [3.8, 4) is 0 Å². The Morgan fingerprint density at radius 3 is 2.50 bits per heavy atom. The zero-order chi connectivity index (χ0) is 9.84. The molecule has 0 saturated heterocycles. The molecule has 0 aromatic heterocycles. The third kappa shape index (κ3) is 4.95. The van der Waals surface area contributed by atoms with Gasteiger partial charge in [0.25, 0.3) is 0 Å². The molecule has 0 unspecified atom stereocenters. The molecule has 1 rings (SSSR count). The molecular formula is C10H11KO2S. The van der Waals surface area contributed by atoms with Crippen molar-refractivity contribution in [2.45, 2.75) is 18.7 Å². The van der Waals surface area contributed by atoms with E-state index >= 15 is 0 Å². The summed E-state index contributed by atoms with van der Waals surface area (Å²) in [6, 6.07) is 5.91. The zero-order valence-electron chi connectivity index (χ0n) is 8.66. The molecule has 70 valence electrons. The van der Waals surface area contributed by atoms with Crippen molar-refractivity contribution in [1.82, 2.24) is 0 Å². The van der Waals surface area contributed by atoms with Gasteiger partial charge in [-0.2, -0.15) is 0 Å². The first-order valence-electron chi connectivity index (χ1n) is 3.99. The second-order valence-electron chi connectivity index (χ2n) is 2.91. The first-order chi connectivity index (χ1) is 6.09. The Labute approximate surface area is 131 Å². The van der Waals surface area contributed by atoms with Crippen molar-refractivity contribution in [2.75, 3.05) is 5.75 Å². The number of carbonyl (C=O) groups is 1.